The van der Waals surface area contributed by atoms with Crippen molar-refractivity contribution in [1.82, 2.24) is 9.80 Å². The molecule has 1 amide bonds. The molecule has 1 rings (SSSR count). The fourth-order valence-electron chi connectivity index (χ4n) is 1.69. The minimum absolute atomic E-state index is 0.0350. The average Bonchev–Trinajstić information content (AvgIpc) is 2.74. The Hall–Kier alpha value is -2.26. The standard InChI is InChI=1S/C14H18N2O4/c1-4-7-16(10-14(18)19)9-13(17)15(3)8-12-6-5-11(2)20-12/h1,5-6H,7-10H2,2-3H3,(H,18,19). The lowest BCUT2D eigenvalue weighted by Gasteiger charge is -2.21. The fraction of sp³-hybridized carbons (Fsp3) is 0.429. The minimum Gasteiger partial charge on any atom is -0.480 e. The van der Waals surface area contributed by atoms with Crippen molar-refractivity contribution in [3.05, 3.63) is 23.7 Å². The summed E-state index contributed by atoms with van der Waals surface area (Å²) in [6.45, 7) is 1.98. The van der Waals surface area contributed by atoms with Gasteiger partial charge in [0.15, 0.2) is 0 Å². The first kappa shape index (κ1) is 15.8. The Labute approximate surface area is 118 Å². The zero-order chi connectivity index (χ0) is 15.1. The monoisotopic (exact) mass is 278 g/mol. The molecule has 6 nitrogen and oxygen atoms in total. The quantitative estimate of drug-likeness (QED) is 0.738. The van der Waals surface area contributed by atoms with Gasteiger partial charge in [0.2, 0.25) is 5.91 Å². The molecular formula is C14H18N2O4. The Morgan fingerprint density at radius 3 is 2.60 bits per heavy atom. The first-order valence-electron chi connectivity index (χ1n) is 6.09. The predicted molar refractivity (Wildman–Crippen MR) is 72.8 cm³/mol. The largest absolute Gasteiger partial charge is 0.480 e. The van der Waals surface area contributed by atoms with Crippen molar-refractivity contribution >= 4 is 11.9 Å². The van der Waals surface area contributed by atoms with Gasteiger partial charge < -0.3 is 14.4 Å². The highest BCUT2D eigenvalue weighted by atomic mass is 16.4. The van der Waals surface area contributed by atoms with E-state index >= 15 is 0 Å². The first-order chi connectivity index (χ1) is 9.42. The van der Waals surface area contributed by atoms with E-state index in [1.807, 2.05) is 13.0 Å². The van der Waals surface area contributed by atoms with Gasteiger partial charge in [0.05, 0.1) is 26.2 Å². The number of terminal acetylenes is 1. The van der Waals surface area contributed by atoms with E-state index in [9.17, 15) is 9.59 Å². The summed E-state index contributed by atoms with van der Waals surface area (Å²) in [5.41, 5.74) is 0. The highest BCUT2D eigenvalue weighted by molar-refractivity contribution is 5.79. The van der Waals surface area contributed by atoms with Gasteiger partial charge in [-0.25, -0.2) is 0 Å². The van der Waals surface area contributed by atoms with Crippen molar-refractivity contribution < 1.29 is 19.1 Å². The smallest absolute Gasteiger partial charge is 0.317 e. The summed E-state index contributed by atoms with van der Waals surface area (Å²) in [7, 11) is 1.63. The van der Waals surface area contributed by atoms with E-state index in [4.69, 9.17) is 15.9 Å². The Morgan fingerprint density at radius 1 is 1.40 bits per heavy atom. The highest BCUT2D eigenvalue weighted by Gasteiger charge is 2.17. The topological polar surface area (TPSA) is 74.0 Å². The number of amides is 1. The van der Waals surface area contributed by atoms with E-state index in [2.05, 4.69) is 5.92 Å². The number of carboxylic acid groups (broad SMARTS) is 1. The molecule has 20 heavy (non-hydrogen) atoms. The van der Waals surface area contributed by atoms with Crippen molar-refractivity contribution in [1.29, 1.82) is 0 Å². The molecule has 0 aliphatic carbocycles. The molecule has 1 aromatic heterocycles. The molecule has 0 unspecified atom stereocenters. The molecule has 0 aromatic carbocycles. The van der Waals surface area contributed by atoms with Crippen LogP contribution in [0.1, 0.15) is 11.5 Å². The predicted octanol–water partition coefficient (Wildman–Crippen LogP) is 0.566. The highest BCUT2D eigenvalue weighted by Crippen LogP contribution is 2.08. The SMILES string of the molecule is C#CCN(CC(=O)O)CC(=O)N(C)Cc1ccc(C)o1. The van der Waals surface area contributed by atoms with E-state index in [0.717, 1.165) is 5.76 Å². The summed E-state index contributed by atoms with van der Waals surface area (Å²) in [6.07, 6.45) is 5.16. The Bertz CT molecular complexity index is 515. The summed E-state index contributed by atoms with van der Waals surface area (Å²) >= 11 is 0. The van der Waals surface area contributed by atoms with Gasteiger partial charge >= 0.3 is 5.97 Å². The number of nitrogens with zero attached hydrogens (tertiary/aromatic N) is 2. The number of carbonyl (C=O) groups is 2. The molecule has 0 atom stereocenters. The number of rotatable bonds is 7. The van der Waals surface area contributed by atoms with E-state index in [0.29, 0.717) is 12.3 Å². The van der Waals surface area contributed by atoms with Gasteiger partial charge in [-0.2, -0.15) is 0 Å². The second kappa shape index (κ2) is 7.36. The molecule has 6 heteroatoms. The number of furan rings is 1. The van der Waals surface area contributed by atoms with Crippen molar-refractivity contribution in [3.63, 3.8) is 0 Å². The Kier molecular flexibility index (Phi) is 5.81. The van der Waals surface area contributed by atoms with Crippen LogP contribution in [-0.2, 0) is 16.1 Å². The molecule has 0 bridgehead atoms. The molecule has 1 N–H and O–H groups in total. The van der Waals surface area contributed by atoms with Crippen molar-refractivity contribution in [2.45, 2.75) is 13.5 Å². The van der Waals surface area contributed by atoms with Crippen LogP contribution < -0.4 is 0 Å². The maximum atomic E-state index is 12.0. The molecule has 108 valence electrons. The first-order valence-corrected chi connectivity index (χ1v) is 6.09. The number of aliphatic carboxylic acids is 1. The molecule has 0 aliphatic heterocycles. The normalized spacial score (nSPS) is 10.3. The van der Waals surface area contributed by atoms with Gasteiger partial charge in [0.25, 0.3) is 0 Å². The Morgan fingerprint density at radius 2 is 2.10 bits per heavy atom. The van der Waals surface area contributed by atoms with Crippen molar-refractivity contribution in [2.24, 2.45) is 0 Å². The van der Waals surface area contributed by atoms with Crippen molar-refractivity contribution in [3.8, 4) is 12.3 Å². The molecule has 1 aromatic rings. The van der Waals surface area contributed by atoms with Crippen LogP contribution in [0.2, 0.25) is 0 Å². The van der Waals surface area contributed by atoms with Gasteiger partial charge in [-0.1, -0.05) is 5.92 Å². The van der Waals surface area contributed by atoms with E-state index in [-0.39, 0.29) is 25.5 Å². The fourth-order valence-corrected chi connectivity index (χ4v) is 1.69. The van der Waals surface area contributed by atoms with Crippen LogP contribution in [0.5, 0.6) is 0 Å². The number of hydrogen-bond donors (Lipinski definition) is 1. The third-order valence-electron chi connectivity index (χ3n) is 2.65. The zero-order valence-corrected chi connectivity index (χ0v) is 11.6. The number of likely N-dealkylation sites (N-methyl/N-ethyl adjacent to an activating group) is 1. The molecular weight excluding hydrogens is 260 g/mol. The van der Waals surface area contributed by atoms with E-state index < -0.39 is 5.97 Å². The lowest BCUT2D eigenvalue weighted by molar-refractivity contribution is -0.139. The van der Waals surface area contributed by atoms with Crippen LogP contribution in [0.4, 0.5) is 0 Å². The summed E-state index contributed by atoms with van der Waals surface area (Å²) in [5, 5.41) is 8.75. The summed E-state index contributed by atoms with van der Waals surface area (Å²) in [6, 6.07) is 3.62. The van der Waals surface area contributed by atoms with Crippen LogP contribution in [-0.4, -0.2) is 53.5 Å². The van der Waals surface area contributed by atoms with Crippen LogP contribution >= 0.6 is 0 Å². The zero-order valence-electron chi connectivity index (χ0n) is 11.6. The van der Waals surface area contributed by atoms with Gasteiger partial charge in [-0.15, -0.1) is 6.42 Å². The second-order valence-electron chi connectivity index (χ2n) is 4.51. The summed E-state index contributed by atoms with van der Waals surface area (Å²) in [4.78, 5) is 25.6. The molecule has 0 spiro atoms. The molecule has 0 aliphatic rings. The minimum atomic E-state index is -1.02. The van der Waals surface area contributed by atoms with Crippen molar-refractivity contribution in [2.75, 3.05) is 26.7 Å². The molecule has 0 saturated carbocycles. The maximum absolute atomic E-state index is 12.0. The third kappa shape index (κ3) is 5.16. The lowest BCUT2D eigenvalue weighted by Crippen LogP contribution is -2.40. The number of hydrogen-bond acceptors (Lipinski definition) is 4. The molecule has 0 fully saturated rings. The second-order valence-corrected chi connectivity index (χ2v) is 4.51. The number of carbonyl (C=O) groups excluding carboxylic acids is 1. The molecule has 0 radical (unpaired) electrons. The van der Waals surface area contributed by atoms with Crippen LogP contribution in [0.15, 0.2) is 16.5 Å². The summed E-state index contributed by atoms with van der Waals surface area (Å²) in [5.74, 6) is 2.57. The number of carboxylic acids is 1. The van der Waals surface area contributed by atoms with E-state index in [1.54, 1.807) is 13.1 Å². The maximum Gasteiger partial charge on any atom is 0.317 e. The van der Waals surface area contributed by atoms with Gasteiger partial charge in [-0.05, 0) is 19.1 Å². The van der Waals surface area contributed by atoms with Crippen LogP contribution in [0, 0.1) is 19.3 Å². The third-order valence-corrected chi connectivity index (χ3v) is 2.65. The Balaban J connectivity index is 2.54. The molecule has 1 heterocycles. The van der Waals surface area contributed by atoms with Crippen LogP contribution in [0.25, 0.3) is 0 Å². The van der Waals surface area contributed by atoms with Gasteiger partial charge in [-0.3, -0.25) is 14.5 Å². The van der Waals surface area contributed by atoms with Crippen LogP contribution in [0.3, 0.4) is 0 Å². The number of aryl methyl sites for hydroxylation is 1. The lowest BCUT2D eigenvalue weighted by atomic mass is 10.3. The molecule has 0 saturated heterocycles. The van der Waals surface area contributed by atoms with Gasteiger partial charge in [0, 0.05) is 7.05 Å². The van der Waals surface area contributed by atoms with Gasteiger partial charge in [0.1, 0.15) is 11.5 Å². The van der Waals surface area contributed by atoms with E-state index in [1.165, 1.54) is 9.80 Å². The average molecular weight is 278 g/mol. The summed E-state index contributed by atoms with van der Waals surface area (Å²) < 4.78 is 5.39.